The molecule has 0 bridgehead atoms. The van der Waals surface area contributed by atoms with E-state index in [9.17, 15) is 4.79 Å². The maximum atomic E-state index is 10.4. The van der Waals surface area contributed by atoms with Crippen LogP contribution in [-0.4, -0.2) is 18.9 Å². The molecule has 5 heteroatoms. The van der Waals surface area contributed by atoms with Crippen molar-refractivity contribution in [3.05, 3.63) is 24.3 Å². The number of hydrogen-bond acceptors (Lipinski definition) is 3. The summed E-state index contributed by atoms with van der Waals surface area (Å²) in [6.45, 7) is 0.240. The first kappa shape index (κ1) is 8.68. The molecular weight excluding hydrogens is 184 g/mol. The number of primary amides is 1. The molecule has 14 heavy (non-hydrogen) atoms. The molecule has 0 spiro atoms. The van der Waals surface area contributed by atoms with Gasteiger partial charge in [-0.15, -0.1) is 0 Å². The average molecular weight is 194 g/mol. The highest BCUT2D eigenvalue weighted by Gasteiger charge is 2.23. The molecule has 1 aromatic carbocycles. The monoisotopic (exact) mass is 194 g/mol. The molecule has 1 aliphatic heterocycles. The Bertz CT molecular complexity index is 329. The van der Waals surface area contributed by atoms with Gasteiger partial charge in [-0.1, -0.05) is 12.1 Å². The normalized spacial score (nSPS) is 14.0. The Morgan fingerprint density at radius 1 is 1.36 bits per heavy atom. The number of carbonyl (C=O) groups is 1. The highest BCUT2D eigenvalue weighted by molar-refractivity contribution is 5.71. The molecule has 0 radical (unpaired) electrons. The van der Waals surface area contributed by atoms with Gasteiger partial charge in [0.2, 0.25) is 0 Å². The van der Waals surface area contributed by atoms with Crippen LogP contribution in [0.4, 0.5) is 4.79 Å². The molecular formula is C9H10N2O3. The van der Waals surface area contributed by atoms with E-state index in [0.717, 1.165) is 0 Å². The molecule has 1 aliphatic rings. The van der Waals surface area contributed by atoms with Gasteiger partial charge in [-0.25, -0.2) is 4.79 Å². The van der Waals surface area contributed by atoms with Crippen LogP contribution in [0.25, 0.3) is 0 Å². The van der Waals surface area contributed by atoms with Crippen LogP contribution in [0.15, 0.2) is 24.3 Å². The highest BCUT2D eigenvalue weighted by Crippen LogP contribution is 2.33. The van der Waals surface area contributed by atoms with Crippen LogP contribution in [0.1, 0.15) is 0 Å². The number of fused-ring (bicyclic) bond motifs is 1. The summed E-state index contributed by atoms with van der Waals surface area (Å²) in [4.78, 5) is 10.4. The minimum Gasteiger partial charge on any atom is -0.449 e. The number of benzene rings is 1. The highest BCUT2D eigenvalue weighted by atomic mass is 16.7. The molecule has 2 rings (SSSR count). The number of para-hydroxylation sites is 2. The van der Waals surface area contributed by atoms with E-state index in [1.807, 2.05) is 12.1 Å². The van der Waals surface area contributed by atoms with Crippen molar-refractivity contribution in [2.24, 2.45) is 5.73 Å². The lowest BCUT2D eigenvalue weighted by atomic mass is 10.3. The van der Waals surface area contributed by atoms with Crippen LogP contribution in [0, 0.1) is 0 Å². The number of ether oxygens (including phenoxy) is 2. The van der Waals surface area contributed by atoms with Gasteiger partial charge in [0.05, 0.1) is 6.54 Å². The number of urea groups is 1. The Morgan fingerprint density at radius 3 is 2.43 bits per heavy atom. The van der Waals surface area contributed by atoms with Gasteiger partial charge in [0.1, 0.15) is 0 Å². The minimum atomic E-state index is -0.590. The Kier molecular flexibility index (Phi) is 2.14. The standard InChI is InChI=1S/C9H10N2O3/c10-9(12)11-5-8-13-6-3-1-2-4-7(6)14-8/h1-4,8H,5H2,(H3,10,11,12). The van der Waals surface area contributed by atoms with Crippen LogP contribution in [0.2, 0.25) is 0 Å². The van der Waals surface area contributed by atoms with E-state index >= 15 is 0 Å². The van der Waals surface area contributed by atoms with Crippen molar-refractivity contribution < 1.29 is 14.3 Å². The fourth-order valence-corrected chi connectivity index (χ4v) is 1.22. The molecule has 0 atom stereocenters. The second-order valence-electron chi connectivity index (χ2n) is 2.86. The predicted octanol–water partition coefficient (Wildman–Crippen LogP) is 0.452. The smallest absolute Gasteiger partial charge is 0.312 e. The molecule has 1 aromatic rings. The maximum Gasteiger partial charge on any atom is 0.312 e. The van der Waals surface area contributed by atoms with E-state index in [0.29, 0.717) is 11.5 Å². The van der Waals surface area contributed by atoms with Crippen LogP contribution in [-0.2, 0) is 0 Å². The van der Waals surface area contributed by atoms with Gasteiger partial charge in [0.15, 0.2) is 11.5 Å². The lowest BCUT2D eigenvalue weighted by Crippen LogP contribution is -2.39. The fraction of sp³-hybridized carbons (Fsp3) is 0.222. The van der Waals surface area contributed by atoms with E-state index in [4.69, 9.17) is 15.2 Å². The first-order valence-electron chi connectivity index (χ1n) is 4.21. The third kappa shape index (κ3) is 1.71. The van der Waals surface area contributed by atoms with Crippen LogP contribution in [0.5, 0.6) is 11.5 Å². The number of hydrogen-bond donors (Lipinski definition) is 2. The van der Waals surface area contributed by atoms with E-state index < -0.39 is 12.3 Å². The zero-order chi connectivity index (χ0) is 9.97. The number of nitrogens with one attached hydrogen (secondary N) is 1. The molecule has 0 unspecified atom stereocenters. The second-order valence-corrected chi connectivity index (χ2v) is 2.86. The summed E-state index contributed by atoms with van der Waals surface area (Å²) in [6, 6.07) is 6.73. The minimum absolute atomic E-state index is 0.240. The fourth-order valence-electron chi connectivity index (χ4n) is 1.22. The second kappa shape index (κ2) is 3.45. The van der Waals surface area contributed by atoms with E-state index in [-0.39, 0.29) is 6.54 Å². The zero-order valence-electron chi connectivity index (χ0n) is 7.40. The van der Waals surface area contributed by atoms with E-state index in [2.05, 4.69) is 5.32 Å². The van der Waals surface area contributed by atoms with Crippen molar-refractivity contribution in [3.63, 3.8) is 0 Å². The van der Waals surface area contributed by atoms with E-state index in [1.165, 1.54) is 0 Å². The largest absolute Gasteiger partial charge is 0.449 e. The number of rotatable bonds is 2. The first-order chi connectivity index (χ1) is 6.75. The van der Waals surface area contributed by atoms with E-state index in [1.54, 1.807) is 12.1 Å². The van der Waals surface area contributed by atoms with Gasteiger partial charge in [-0.3, -0.25) is 0 Å². The summed E-state index contributed by atoms with van der Waals surface area (Å²) in [7, 11) is 0. The Balaban J connectivity index is 1.95. The first-order valence-corrected chi connectivity index (χ1v) is 4.21. The number of amides is 2. The summed E-state index contributed by atoms with van der Waals surface area (Å²) < 4.78 is 10.7. The van der Waals surface area contributed by atoms with Gasteiger partial charge < -0.3 is 20.5 Å². The van der Waals surface area contributed by atoms with Gasteiger partial charge in [-0.05, 0) is 12.1 Å². The molecule has 74 valence electrons. The summed E-state index contributed by atoms with van der Waals surface area (Å²) in [6.07, 6.45) is -0.486. The Labute approximate surface area is 80.8 Å². The van der Waals surface area contributed by atoms with Gasteiger partial charge in [0.25, 0.3) is 6.29 Å². The van der Waals surface area contributed by atoms with Crippen LogP contribution >= 0.6 is 0 Å². The van der Waals surface area contributed by atoms with Crippen molar-refractivity contribution in [2.75, 3.05) is 6.54 Å². The third-order valence-corrected chi connectivity index (χ3v) is 1.81. The number of carbonyl (C=O) groups excluding carboxylic acids is 1. The predicted molar refractivity (Wildman–Crippen MR) is 49.1 cm³/mol. The van der Waals surface area contributed by atoms with Crippen molar-refractivity contribution in [3.8, 4) is 11.5 Å². The summed E-state index contributed by atoms with van der Waals surface area (Å²) in [5, 5.41) is 2.41. The molecule has 1 heterocycles. The molecule has 3 N–H and O–H groups in total. The Hall–Kier alpha value is -1.91. The molecule has 2 amide bonds. The maximum absolute atomic E-state index is 10.4. The van der Waals surface area contributed by atoms with Crippen LogP contribution < -0.4 is 20.5 Å². The Morgan fingerprint density at radius 2 is 1.93 bits per heavy atom. The van der Waals surface area contributed by atoms with Gasteiger partial charge in [-0.2, -0.15) is 0 Å². The van der Waals surface area contributed by atoms with Gasteiger partial charge in [0, 0.05) is 0 Å². The van der Waals surface area contributed by atoms with Crippen molar-refractivity contribution in [1.82, 2.24) is 5.32 Å². The van der Waals surface area contributed by atoms with Crippen molar-refractivity contribution >= 4 is 6.03 Å². The average Bonchev–Trinajstić information content (AvgIpc) is 2.57. The number of nitrogens with two attached hydrogens (primary N) is 1. The quantitative estimate of drug-likeness (QED) is 0.717. The van der Waals surface area contributed by atoms with Gasteiger partial charge >= 0.3 is 6.03 Å². The topological polar surface area (TPSA) is 73.6 Å². The third-order valence-electron chi connectivity index (χ3n) is 1.81. The molecule has 0 aliphatic carbocycles. The molecule has 0 aromatic heterocycles. The molecule has 0 saturated heterocycles. The van der Waals surface area contributed by atoms with Crippen molar-refractivity contribution in [2.45, 2.75) is 6.29 Å². The lowest BCUT2D eigenvalue weighted by Gasteiger charge is -2.09. The molecule has 5 nitrogen and oxygen atoms in total. The SMILES string of the molecule is NC(=O)NCC1Oc2ccccc2O1. The molecule has 0 saturated carbocycles. The van der Waals surface area contributed by atoms with Crippen molar-refractivity contribution in [1.29, 1.82) is 0 Å². The van der Waals surface area contributed by atoms with Crippen LogP contribution in [0.3, 0.4) is 0 Å². The molecule has 0 fully saturated rings. The zero-order valence-corrected chi connectivity index (χ0v) is 7.40. The summed E-state index contributed by atoms with van der Waals surface area (Å²) in [5.41, 5.74) is 4.91. The summed E-state index contributed by atoms with van der Waals surface area (Å²) in [5.74, 6) is 1.37. The lowest BCUT2D eigenvalue weighted by molar-refractivity contribution is 0.0522. The summed E-state index contributed by atoms with van der Waals surface area (Å²) >= 11 is 0.